The van der Waals surface area contributed by atoms with Crippen molar-refractivity contribution >= 4 is 29.7 Å². The maximum atomic E-state index is 13.1. The summed E-state index contributed by atoms with van der Waals surface area (Å²) in [6.45, 7) is 3.79. The average Bonchev–Trinajstić information content (AvgIpc) is 3.36. The Balaban J connectivity index is 3.00. The summed E-state index contributed by atoms with van der Waals surface area (Å²) in [6, 6.07) is -4.61. The topological polar surface area (TPSA) is 243 Å². The van der Waals surface area contributed by atoms with Crippen LogP contribution in [0.3, 0.4) is 0 Å². The van der Waals surface area contributed by atoms with Crippen LogP contribution in [-0.4, -0.2) is 80.6 Å². The molecule has 5 unspecified atom stereocenters. The van der Waals surface area contributed by atoms with Crippen LogP contribution >= 0.6 is 0 Å². The van der Waals surface area contributed by atoms with Gasteiger partial charge in [0.15, 0.2) is 0 Å². The minimum Gasteiger partial charge on any atom is -0.481 e. The molecule has 1 rings (SSSR count). The van der Waals surface area contributed by atoms with Gasteiger partial charge in [-0.25, -0.2) is 9.78 Å². The number of aliphatic carboxylic acids is 2. The number of carbonyl (C=O) groups excluding carboxylic acids is 3. The molecule has 3 amide bonds. The average molecular weight is 526 g/mol. The molecule has 0 aliphatic heterocycles. The number of unbranched alkanes of at least 4 members (excludes halogenated alkanes) is 1. The van der Waals surface area contributed by atoms with Crippen LogP contribution in [0.15, 0.2) is 12.5 Å². The number of aromatic amines is 1. The summed E-state index contributed by atoms with van der Waals surface area (Å²) in [5.74, 6) is -5.00. The van der Waals surface area contributed by atoms with E-state index in [4.69, 9.17) is 16.6 Å². The van der Waals surface area contributed by atoms with E-state index in [1.807, 2.05) is 0 Å². The third-order valence-corrected chi connectivity index (χ3v) is 5.97. The second-order valence-corrected chi connectivity index (χ2v) is 8.94. The smallest absolute Gasteiger partial charge is 0.326 e. The van der Waals surface area contributed by atoms with Crippen molar-refractivity contribution in [1.29, 1.82) is 0 Å². The summed E-state index contributed by atoms with van der Waals surface area (Å²) >= 11 is 0. The number of nitrogens with zero attached hydrogens (tertiary/aromatic N) is 1. The first kappa shape index (κ1) is 31.5. The summed E-state index contributed by atoms with van der Waals surface area (Å²) in [4.78, 5) is 68.2. The molecule has 0 aliphatic rings. The van der Waals surface area contributed by atoms with E-state index in [1.165, 1.54) is 12.5 Å². The van der Waals surface area contributed by atoms with Gasteiger partial charge in [0, 0.05) is 24.7 Å². The van der Waals surface area contributed by atoms with Crippen LogP contribution in [0.25, 0.3) is 0 Å². The molecule has 0 saturated carbocycles. The number of aromatic nitrogens is 2. The molecular formula is C23H39N7O7. The number of nitrogens with one attached hydrogen (secondary N) is 4. The van der Waals surface area contributed by atoms with Crippen molar-refractivity contribution in [3.63, 3.8) is 0 Å². The zero-order chi connectivity index (χ0) is 28.0. The van der Waals surface area contributed by atoms with Crippen molar-refractivity contribution in [2.24, 2.45) is 17.4 Å². The maximum Gasteiger partial charge on any atom is 0.326 e. The molecule has 37 heavy (non-hydrogen) atoms. The fraction of sp³-hybridized carbons (Fsp3) is 0.652. The highest BCUT2D eigenvalue weighted by Gasteiger charge is 2.32. The maximum absolute atomic E-state index is 13.1. The van der Waals surface area contributed by atoms with E-state index < -0.39 is 66.2 Å². The normalized spacial score (nSPS) is 15.0. The van der Waals surface area contributed by atoms with E-state index >= 15 is 0 Å². The zero-order valence-electron chi connectivity index (χ0n) is 21.2. The van der Waals surface area contributed by atoms with Crippen molar-refractivity contribution in [2.45, 2.75) is 83.0 Å². The summed E-state index contributed by atoms with van der Waals surface area (Å²) in [6.07, 6.45) is 4.14. The third kappa shape index (κ3) is 11.4. The molecule has 0 spiro atoms. The number of carboxylic acids is 2. The molecule has 14 heteroatoms. The molecule has 0 saturated heterocycles. The van der Waals surface area contributed by atoms with Gasteiger partial charge in [-0.05, 0) is 38.1 Å². The molecule has 0 aliphatic carbocycles. The monoisotopic (exact) mass is 525 g/mol. The van der Waals surface area contributed by atoms with Crippen molar-refractivity contribution in [1.82, 2.24) is 25.9 Å². The van der Waals surface area contributed by atoms with Crippen LogP contribution in [0.4, 0.5) is 0 Å². The van der Waals surface area contributed by atoms with Crippen molar-refractivity contribution < 1.29 is 34.2 Å². The minimum atomic E-state index is -1.33. The quantitative estimate of drug-likeness (QED) is 0.107. The summed E-state index contributed by atoms with van der Waals surface area (Å²) in [7, 11) is 0. The highest BCUT2D eigenvalue weighted by Crippen LogP contribution is 2.10. The van der Waals surface area contributed by atoms with Crippen LogP contribution in [0.2, 0.25) is 0 Å². The lowest BCUT2D eigenvalue weighted by Gasteiger charge is -2.26. The summed E-state index contributed by atoms with van der Waals surface area (Å²) in [5, 5.41) is 26.0. The molecule has 1 aromatic rings. The molecule has 0 radical (unpaired) electrons. The van der Waals surface area contributed by atoms with Crippen molar-refractivity contribution in [3.8, 4) is 0 Å². The lowest BCUT2D eigenvalue weighted by Crippen LogP contribution is -2.57. The van der Waals surface area contributed by atoms with Crippen LogP contribution < -0.4 is 27.4 Å². The van der Waals surface area contributed by atoms with Gasteiger partial charge >= 0.3 is 11.9 Å². The molecule has 1 aromatic heterocycles. The third-order valence-electron chi connectivity index (χ3n) is 5.97. The number of nitrogens with two attached hydrogens (primary N) is 2. The standard InChI is InChI=1S/C23H39N7O7/c1-3-13(2)19(23(36)37)30-22(35)17(7-8-18(31)32)29-21(34)16(6-4-5-9-24)28-20(33)15(25)10-14-11-26-12-27-14/h11-13,15-17,19H,3-10,24-25H2,1-2H3,(H,26,27)(H,28,33)(H,29,34)(H,30,35)(H,31,32)(H,36,37). The van der Waals surface area contributed by atoms with Crippen molar-refractivity contribution in [2.75, 3.05) is 6.54 Å². The van der Waals surface area contributed by atoms with E-state index in [0.717, 1.165) is 0 Å². The Kier molecular flexibility index (Phi) is 13.9. The van der Waals surface area contributed by atoms with Crippen molar-refractivity contribution in [3.05, 3.63) is 18.2 Å². The van der Waals surface area contributed by atoms with Crippen LogP contribution in [0.1, 0.15) is 58.1 Å². The molecule has 1 heterocycles. The molecule has 208 valence electrons. The Bertz CT molecular complexity index is 894. The molecule has 5 atom stereocenters. The number of carboxylic acid groups (broad SMARTS) is 2. The fourth-order valence-electron chi connectivity index (χ4n) is 3.51. The first-order chi connectivity index (χ1) is 17.5. The second-order valence-electron chi connectivity index (χ2n) is 8.94. The number of imidazole rings is 1. The lowest BCUT2D eigenvalue weighted by molar-refractivity contribution is -0.144. The van der Waals surface area contributed by atoms with Gasteiger partial charge in [-0.3, -0.25) is 19.2 Å². The Hall–Kier alpha value is -3.52. The van der Waals surface area contributed by atoms with E-state index in [9.17, 15) is 29.1 Å². The minimum absolute atomic E-state index is 0.152. The molecule has 10 N–H and O–H groups in total. The van der Waals surface area contributed by atoms with Gasteiger partial charge in [0.05, 0.1) is 12.4 Å². The second kappa shape index (κ2) is 16.3. The first-order valence-corrected chi connectivity index (χ1v) is 12.3. The molecular weight excluding hydrogens is 486 g/mol. The van der Waals surface area contributed by atoms with Crippen LogP contribution in [0, 0.1) is 5.92 Å². The molecule has 0 bridgehead atoms. The Morgan fingerprint density at radius 1 is 1.00 bits per heavy atom. The summed E-state index contributed by atoms with van der Waals surface area (Å²) in [5.41, 5.74) is 12.1. The molecule has 14 nitrogen and oxygen atoms in total. The SMILES string of the molecule is CCC(C)C(NC(=O)C(CCC(=O)O)NC(=O)C(CCCCN)NC(=O)C(N)Cc1cnc[nH]1)C(=O)O. The Labute approximate surface area is 215 Å². The zero-order valence-corrected chi connectivity index (χ0v) is 21.2. The van der Waals surface area contributed by atoms with Gasteiger partial charge in [0.2, 0.25) is 17.7 Å². The van der Waals surface area contributed by atoms with E-state index in [2.05, 4.69) is 25.9 Å². The largest absolute Gasteiger partial charge is 0.481 e. The molecule has 0 fully saturated rings. The number of amides is 3. The highest BCUT2D eigenvalue weighted by molar-refractivity contribution is 5.94. The van der Waals surface area contributed by atoms with E-state index in [0.29, 0.717) is 31.5 Å². The van der Waals surface area contributed by atoms with Gasteiger partial charge in [0.25, 0.3) is 0 Å². The Morgan fingerprint density at radius 3 is 2.16 bits per heavy atom. The van der Waals surface area contributed by atoms with E-state index in [1.54, 1.807) is 13.8 Å². The predicted octanol–water partition coefficient (Wildman–Crippen LogP) is -1.14. The fourth-order valence-corrected chi connectivity index (χ4v) is 3.51. The van der Waals surface area contributed by atoms with E-state index in [-0.39, 0.29) is 19.3 Å². The number of H-pyrrole nitrogens is 1. The lowest BCUT2D eigenvalue weighted by atomic mass is 9.98. The predicted molar refractivity (Wildman–Crippen MR) is 133 cm³/mol. The molecule has 0 aromatic carbocycles. The summed E-state index contributed by atoms with van der Waals surface area (Å²) < 4.78 is 0. The van der Waals surface area contributed by atoms with Gasteiger partial charge < -0.3 is 42.6 Å². The number of hydrogen-bond acceptors (Lipinski definition) is 8. The number of rotatable bonds is 18. The van der Waals surface area contributed by atoms with Crippen LogP contribution in [0.5, 0.6) is 0 Å². The first-order valence-electron chi connectivity index (χ1n) is 12.3. The van der Waals surface area contributed by atoms with Gasteiger partial charge in [0.1, 0.15) is 18.1 Å². The number of hydrogen-bond donors (Lipinski definition) is 8. The van der Waals surface area contributed by atoms with Gasteiger partial charge in [-0.2, -0.15) is 0 Å². The van der Waals surface area contributed by atoms with Gasteiger partial charge in [-0.15, -0.1) is 0 Å². The number of carbonyl (C=O) groups is 5. The highest BCUT2D eigenvalue weighted by atomic mass is 16.4. The van der Waals surface area contributed by atoms with Gasteiger partial charge in [-0.1, -0.05) is 20.3 Å². The Morgan fingerprint density at radius 2 is 1.62 bits per heavy atom. The van der Waals surface area contributed by atoms with Crippen LogP contribution in [-0.2, 0) is 30.4 Å².